The van der Waals surface area contributed by atoms with E-state index < -0.39 is 18.3 Å². The van der Waals surface area contributed by atoms with Crippen molar-refractivity contribution in [2.45, 2.75) is 59.7 Å². The van der Waals surface area contributed by atoms with Crippen LogP contribution in [0.3, 0.4) is 0 Å². The molecule has 0 aliphatic carbocycles. The predicted molar refractivity (Wildman–Crippen MR) is 96.5 cm³/mol. The van der Waals surface area contributed by atoms with Gasteiger partial charge in [0.25, 0.3) is 0 Å². The first-order valence-electron chi connectivity index (χ1n) is 8.25. The highest BCUT2D eigenvalue weighted by molar-refractivity contribution is 6.56. The van der Waals surface area contributed by atoms with Gasteiger partial charge in [0.15, 0.2) is 0 Å². The van der Waals surface area contributed by atoms with Crippen molar-refractivity contribution in [1.29, 1.82) is 0 Å². The van der Waals surface area contributed by atoms with Crippen LogP contribution in [-0.2, 0) is 14.1 Å². The molecule has 1 aliphatic heterocycles. The van der Waals surface area contributed by atoms with Gasteiger partial charge in [-0.2, -0.15) is 0 Å². The van der Waals surface area contributed by atoms with Crippen LogP contribution in [0.25, 0.3) is 6.08 Å². The molecule has 0 radical (unpaired) electrons. The SMILES string of the molecule is CC(=O)NCC(=Cc1ncc(C)cc1C)B1OC(C)(C)C(C)(C)O1. The fourth-order valence-corrected chi connectivity index (χ4v) is 2.48. The van der Waals surface area contributed by atoms with Crippen LogP contribution < -0.4 is 5.32 Å². The number of aryl methyl sites for hydroxylation is 2. The van der Waals surface area contributed by atoms with Crippen LogP contribution in [0.2, 0.25) is 0 Å². The van der Waals surface area contributed by atoms with Crippen molar-refractivity contribution in [3.63, 3.8) is 0 Å². The number of pyridine rings is 1. The molecule has 1 aliphatic rings. The molecule has 1 saturated heterocycles. The Hall–Kier alpha value is -1.66. The van der Waals surface area contributed by atoms with E-state index in [1.165, 1.54) is 6.92 Å². The summed E-state index contributed by atoms with van der Waals surface area (Å²) in [6.45, 7) is 13.9. The Morgan fingerprint density at radius 1 is 1.25 bits per heavy atom. The van der Waals surface area contributed by atoms with Crippen molar-refractivity contribution in [1.82, 2.24) is 10.3 Å². The molecule has 1 aromatic rings. The van der Waals surface area contributed by atoms with Gasteiger partial charge in [0.05, 0.1) is 16.9 Å². The van der Waals surface area contributed by atoms with E-state index in [2.05, 4.69) is 16.4 Å². The Balaban J connectivity index is 2.35. The summed E-state index contributed by atoms with van der Waals surface area (Å²) in [4.78, 5) is 15.8. The molecular formula is C18H27BN2O3. The van der Waals surface area contributed by atoms with E-state index in [1.54, 1.807) is 0 Å². The molecule has 0 spiro atoms. The summed E-state index contributed by atoms with van der Waals surface area (Å²) in [6.07, 6.45) is 3.78. The molecule has 6 heteroatoms. The molecule has 0 saturated carbocycles. The Kier molecular flexibility index (Phi) is 5.21. The van der Waals surface area contributed by atoms with Crippen molar-refractivity contribution in [3.05, 3.63) is 34.6 Å². The lowest BCUT2D eigenvalue weighted by molar-refractivity contribution is -0.118. The summed E-state index contributed by atoms with van der Waals surface area (Å²) >= 11 is 0. The standard InChI is InChI=1S/C18H27BN2O3/c1-12-8-13(2)16(21-10-12)9-15(11-20-14(3)22)19-23-17(4,5)18(6,7)24-19/h8-10H,11H2,1-7H3,(H,20,22). The molecular weight excluding hydrogens is 303 g/mol. The average molecular weight is 330 g/mol. The second-order valence-electron chi connectivity index (χ2n) is 7.43. The van der Waals surface area contributed by atoms with E-state index in [0.29, 0.717) is 6.54 Å². The number of nitrogens with zero attached hydrogens (tertiary/aromatic N) is 1. The number of hydrogen-bond donors (Lipinski definition) is 1. The number of amides is 1. The zero-order valence-corrected chi connectivity index (χ0v) is 15.7. The summed E-state index contributed by atoms with van der Waals surface area (Å²) in [7, 11) is -0.510. The number of carbonyl (C=O) groups is 1. The van der Waals surface area contributed by atoms with Crippen LogP contribution in [-0.4, -0.2) is 35.8 Å². The van der Waals surface area contributed by atoms with Gasteiger partial charge in [0.2, 0.25) is 5.91 Å². The van der Waals surface area contributed by atoms with Crippen molar-refractivity contribution < 1.29 is 14.1 Å². The summed E-state index contributed by atoms with van der Waals surface area (Å²) in [5.41, 5.74) is 3.04. The first kappa shape index (κ1) is 18.7. The molecule has 1 N–H and O–H groups in total. The maximum absolute atomic E-state index is 11.3. The topological polar surface area (TPSA) is 60.5 Å². The lowest BCUT2D eigenvalue weighted by Crippen LogP contribution is -2.41. The second-order valence-corrected chi connectivity index (χ2v) is 7.43. The molecule has 1 aromatic heterocycles. The van der Waals surface area contributed by atoms with Crippen LogP contribution in [0.15, 0.2) is 17.7 Å². The average Bonchev–Trinajstić information content (AvgIpc) is 2.65. The minimum absolute atomic E-state index is 0.0917. The fraction of sp³-hybridized carbons (Fsp3) is 0.556. The lowest BCUT2D eigenvalue weighted by atomic mass is 9.77. The summed E-state index contributed by atoms with van der Waals surface area (Å²) in [6, 6.07) is 2.08. The third-order valence-electron chi connectivity index (χ3n) is 4.68. The molecule has 5 nitrogen and oxygen atoms in total. The lowest BCUT2D eigenvalue weighted by Gasteiger charge is -2.32. The molecule has 0 bridgehead atoms. The third kappa shape index (κ3) is 4.05. The number of rotatable bonds is 4. The Morgan fingerprint density at radius 3 is 2.33 bits per heavy atom. The highest BCUT2D eigenvalue weighted by Crippen LogP contribution is 2.38. The van der Waals surface area contributed by atoms with Crippen LogP contribution in [0.1, 0.15) is 51.4 Å². The quantitative estimate of drug-likeness (QED) is 0.863. The largest absolute Gasteiger partial charge is 0.492 e. The van der Waals surface area contributed by atoms with Gasteiger partial charge in [-0.05, 0) is 64.2 Å². The zero-order valence-electron chi connectivity index (χ0n) is 15.7. The van der Waals surface area contributed by atoms with E-state index in [0.717, 1.165) is 22.3 Å². The molecule has 1 amide bonds. The number of hydrogen-bond acceptors (Lipinski definition) is 4. The van der Waals surface area contributed by atoms with Gasteiger partial charge in [-0.25, -0.2) is 0 Å². The Bertz CT molecular complexity index is 652. The second kappa shape index (κ2) is 6.69. The van der Waals surface area contributed by atoms with E-state index in [-0.39, 0.29) is 5.91 Å². The van der Waals surface area contributed by atoms with Gasteiger partial charge in [-0.1, -0.05) is 6.07 Å². The van der Waals surface area contributed by atoms with Crippen molar-refractivity contribution in [2.24, 2.45) is 0 Å². The van der Waals surface area contributed by atoms with Gasteiger partial charge >= 0.3 is 7.12 Å². The van der Waals surface area contributed by atoms with E-state index in [1.807, 2.05) is 53.8 Å². The van der Waals surface area contributed by atoms with Crippen molar-refractivity contribution in [2.75, 3.05) is 6.54 Å². The zero-order chi connectivity index (χ0) is 18.1. The van der Waals surface area contributed by atoms with E-state index >= 15 is 0 Å². The minimum atomic E-state index is -0.510. The first-order valence-corrected chi connectivity index (χ1v) is 8.25. The molecule has 0 atom stereocenters. The highest BCUT2D eigenvalue weighted by atomic mass is 16.7. The number of nitrogens with one attached hydrogen (secondary N) is 1. The normalized spacial score (nSPS) is 19.5. The maximum atomic E-state index is 11.3. The van der Waals surface area contributed by atoms with E-state index in [4.69, 9.17) is 9.31 Å². The van der Waals surface area contributed by atoms with Gasteiger partial charge < -0.3 is 14.6 Å². The maximum Gasteiger partial charge on any atom is 0.492 e. The first-order chi connectivity index (χ1) is 11.0. The van der Waals surface area contributed by atoms with Crippen LogP contribution in [0, 0.1) is 13.8 Å². The van der Waals surface area contributed by atoms with Crippen molar-refractivity contribution >= 4 is 19.1 Å². The minimum Gasteiger partial charge on any atom is -0.400 e. The predicted octanol–water partition coefficient (Wildman–Crippen LogP) is 2.85. The molecule has 0 aromatic carbocycles. The summed E-state index contributed by atoms with van der Waals surface area (Å²) in [5, 5.41) is 2.83. The van der Waals surface area contributed by atoms with E-state index in [9.17, 15) is 4.79 Å². The summed E-state index contributed by atoms with van der Waals surface area (Å²) in [5.74, 6) is -0.0917. The molecule has 130 valence electrons. The van der Waals surface area contributed by atoms with Crippen LogP contribution in [0.5, 0.6) is 0 Å². The van der Waals surface area contributed by atoms with Crippen LogP contribution in [0.4, 0.5) is 0 Å². The Morgan fingerprint density at radius 2 is 1.83 bits per heavy atom. The summed E-state index contributed by atoms with van der Waals surface area (Å²) < 4.78 is 12.2. The molecule has 1 fully saturated rings. The molecule has 2 heterocycles. The molecule has 2 rings (SSSR count). The van der Waals surface area contributed by atoms with Gasteiger partial charge in [0, 0.05) is 19.7 Å². The van der Waals surface area contributed by atoms with Gasteiger partial charge in [-0.3, -0.25) is 9.78 Å². The number of aromatic nitrogens is 1. The molecule has 24 heavy (non-hydrogen) atoms. The van der Waals surface area contributed by atoms with Gasteiger partial charge in [-0.15, -0.1) is 0 Å². The van der Waals surface area contributed by atoms with Crippen LogP contribution >= 0.6 is 0 Å². The molecule has 0 unspecified atom stereocenters. The monoisotopic (exact) mass is 330 g/mol. The third-order valence-corrected chi connectivity index (χ3v) is 4.68. The van der Waals surface area contributed by atoms with Gasteiger partial charge in [0.1, 0.15) is 0 Å². The highest BCUT2D eigenvalue weighted by Gasteiger charge is 2.52. The Labute approximate surface area is 145 Å². The smallest absolute Gasteiger partial charge is 0.400 e. The van der Waals surface area contributed by atoms with Crippen molar-refractivity contribution in [3.8, 4) is 0 Å². The number of carbonyl (C=O) groups excluding carboxylic acids is 1. The fourth-order valence-electron chi connectivity index (χ4n) is 2.48.